The zero-order chi connectivity index (χ0) is 26.2. The van der Waals surface area contributed by atoms with Crippen molar-refractivity contribution in [3.8, 4) is 5.75 Å². The van der Waals surface area contributed by atoms with Crippen LogP contribution in [0.5, 0.6) is 5.75 Å². The number of piperazine rings is 1. The standard InChI is InChI=1S/C25H24F3N5O3S/c1-36-19-4-3-16(20(10-19)25(26,27)28)12-33-21-5-2-15(8-17(21)11-30-33)9-22-23(35)31-24(37-22)32-7-6-29-18(13-32)14-34/h2-5,8-11,18,29,34H,6-7,12-14H2,1H3/b22-9+. The zero-order valence-electron chi connectivity index (χ0n) is 19.8. The third kappa shape index (κ3) is 5.36. The van der Waals surface area contributed by atoms with Gasteiger partial charge in [-0.15, -0.1) is 0 Å². The average Bonchev–Trinajstić information content (AvgIpc) is 3.46. The van der Waals surface area contributed by atoms with E-state index in [2.05, 4.69) is 15.4 Å². The summed E-state index contributed by atoms with van der Waals surface area (Å²) in [6.45, 7) is 1.90. The summed E-state index contributed by atoms with van der Waals surface area (Å²) in [5, 5.41) is 18.3. The molecule has 1 amide bonds. The van der Waals surface area contributed by atoms with Gasteiger partial charge in [0.15, 0.2) is 5.17 Å². The van der Waals surface area contributed by atoms with Crippen LogP contribution in [0.2, 0.25) is 0 Å². The van der Waals surface area contributed by atoms with Crippen LogP contribution in [0.4, 0.5) is 13.2 Å². The predicted molar refractivity (Wildman–Crippen MR) is 135 cm³/mol. The summed E-state index contributed by atoms with van der Waals surface area (Å²) < 4.78 is 47.3. The number of alkyl halides is 3. The van der Waals surface area contributed by atoms with Gasteiger partial charge in [-0.1, -0.05) is 12.1 Å². The molecule has 3 aromatic rings. The Morgan fingerprint density at radius 3 is 2.86 bits per heavy atom. The fraction of sp³-hybridized carbons (Fsp3) is 0.320. The topological polar surface area (TPSA) is 92.0 Å². The molecule has 1 aromatic heterocycles. The Labute approximate surface area is 214 Å². The minimum Gasteiger partial charge on any atom is -0.497 e. The largest absolute Gasteiger partial charge is 0.497 e. The molecule has 0 bridgehead atoms. The van der Waals surface area contributed by atoms with Crippen molar-refractivity contribution in [2.24, 2.45) is 4.99 Å². The summed E-state index contributed by atoms with van der Waals surface area (Å²) in [7, 11) is 1.32. The van der Waals surface area contributed by atoms with E-state index in [1.807, 2.05) is 11.0 Å². The first-order chi connectivity index (χ1) is 17.7. The number of amidine groups is 1. The Kier molecular flexibility index (Phi) is 6.97. The lowest BCUT2D eigenvalue weighted by atomic mass is 10.1. The van der Waals surface area contributed by atoms with E-state index >= 15 is 0 Å². The van der Waals surface area contributed by atoms with Crippen molar-refractivity contribution < 1.29 is 27.8 Å². The van der Waals surface area contributed by atoms with E-state index in [1.165, 1.54) is 35.7 Å². The number of rotatable bonds is 5. The van der Waals surface area contributed by atoms with Crippen LogP contribution in [-0.4, -0.2) is 70.3 Å². The Bertz CT molecular complexity index is 1400. The first kappa shape index (κ1) is 25.3. The van der Waals surface area contributed by atoms with Crippen molar-refractivity contribution in [2.75, 3.05) is 33.4 Å². The van der Waals surface area contributed by atoms with Crippen LogP contribution in [0.15, 0.2) is 52.5 Å². The lowest BCUT2D eigenvalue weighted by Gasteiger charge is -2.33. The van der Waals surface area contributed by atoms with Crippen LogP contribution in [-0.2, 0) is 17.5 Å². The van der Waals surface area contributed by atoms with Gasteiger partial charge in [0.05, 0.1) is 42.4 Å². The molecule has 1 unspecified atom stereocenters. The molecule has 8 nitrogen and oxygen atoms in total. The molecule has 0 radical (unpaired) electrons. The van der Waals surface area contributed by atoms with Crippen LogP contribution >= 0.6 is 11.8 Å². The van der Waals surface area contributed by atoms with E-state index in [-0.39, 0.29) is 36.4 Å². The number of hydrogen-bond acceptors (Lipinski definition) is 7. The summed E-state index contributed by atoms with van der Waals surface area (Å²) >= 11 is 1.29. The van der Waals surface area contributed by atoms with E-state index < -0.39 is 11.7 Å². The van der Waals surface area contributed by atoms with Gasteiger partial charge in [0.2, 0.25) is 0 Å². The highest BCUT2D eigenvalue weighted by molar-refractivity contribution is 8.18. The van der Waals surface area contributed by atoms with Gasteiger partial charge in [0, 0.05) is 31.1 Å². The number of aliphatic hydroxyl groups excluding tert-OH is 1. The molecule has 12 heteroatoms. The maximum absolute atomic E-state index is 13.6. The van der Waals surface area contributed by atoms with Crippen molar-refractivity contribution in [1.82, 2.24) is 20.0 Å². The van der Waals surface area contributed by atoms with Gasteiger partial charge in [-0.2, -0.15) is 23.3 Å². The second-order valence-electron chi connectivity index (χ2n) is 8.73. The van der Waals surface area contributed by atoms with Crippen molar-refractivity contribution in [2.45, 2.75) is 18.8 Å². The van der Waals surface area contributed by atoms with Gasteiger partial charge in [0.1, 0.15) is 5.75 Å². The number of ether oxygens (including phenoxy) is 1. The molecule has 0 saturated carbocycles. The number of fused-ring (bicyclic) bond motifs is 1. The number of methoxy groups -OCH3 is 1. The van der Waals surface area contributed by atoms with E-state index in [0.29, 0.717) is 35.2 Å². The monoisotopic (exact) mass is 531 g/mol. The smallest absolute Gasteiger partial charge is 0.416 e. The number of nitrogens with zero attached hydrogens (tertiary/aromatic N) is 4. The molecule has 0 aliphatic carbocycles. The van der Waals surface area contributed by atoms with Gasteiger partial charge in [-0.05, 0) is 53.2 Å². The van der Waals surface area contributed by atoms with Gasteiger partial charge >= 0.3 is 6.18 Å². The highest BCUT2D eigenvalue weighted by Gasteiger charge is 2.34. The number of aromatic nitrogens is 2. The first-order valence-electron chi connectivity index (χ1n) is 11.6. The lowest BCUT2D eigenvalue weighted by Crippen LogP contribution is -2.53. The normalized spacial score (nSPS) is 19.6. The maximum Gasteiger partial charge on any atom is 0.416 e. The molecule has 1 fully saturated rings. The number of amides is 1. The number of carbonyl (C=O) groups excluding carboxylic acids is 1. The van der Waals surface area contributed by atoms with Crippen LogP contribution in [0.3, 0.4) is 0 Å². The SMILES string of the molecule is COc1ccc(Cn2ncc3cc(/C=C4/SC(N5CCNC(CO)C5)=NC4=O)ccc32)c(C(F)(F)F)c1. The van der Waals surface area contributed by atoms with Gasteiger partial charge in [-0.3, -0.25) is 9.48 Å². The van der Waals surface area contributed by atoms with E-state index in [4.69, 9.17) is 4.74 Å². The number of benzene rings is 2. The molecule has 5 rings (SSSR count). The highest BCUT2D eigenvalue weighted by Crippen LogP contribution is 2.35. The van der Waals surface area contributed by atoms with Crippen molar-refractivity contribution in [3.63, 3.8) is 0 Å². The number of thioether (sulfide) groups is 1. The molecule has 1 atom stereocenters. The van der Waals surface area contributed by atoms with Crippen molar-refractivity contribution in [1.29, 1.82) is 0 Å². The number of nitrogens with one attached hydrogen (secondary N) is 1. The summed E-state index contributed by atoms with van der Waals surface area (Å²) in [4.78, 5) is 19.2. The average molecular weight is 532 g/mol. The fourth-order valence-corrected chi connectivity index (χ4v) is 5.32. The second-order valence-corrected chi connectivity index (χ2v) is 9.74. The number of hydrogen-bond donors (Lipinski definition) is 2. The fourth-order valence-electron chi connectivity index (χ4n) is 4.37. The van der Waals surface area contributed by atoms with Crippen LogP contribution in [0.1, 0.15) is 16.7 Å². The second kappa shape index (κ2) is 10.2. The molecule has 2 aliphatic rings. The quantitative estimate of drug-likeness (QED) is 0.488. The number of carbonyl (C=O) groups is 1. The predicted octanol–water partition coefficient (Wildman–Crippen LogP) is 3.35. The molecule has 2 aliphatic heterocycles. The Morgan fingerprint density at radius 1 is 1.27 bits per heavy atom. The van der Waals surface area contributed by atoms with E-state index in [0.717, 1.165) is 17.0 Å². The van der Waals surface area contributed by atoms with E-state index in [9.17, 15) is 23.1 Å². The Balaban J connectivity index is 1.35. The number of aliphatic imine (C=N–C) groups is 1. The summed E-state index contributed by atoms with van der Waals surface area (Å²) in [6, 6.07) is 9.23. The third-order valence-electron chi connectivity index (χ3n) is 6.26. The molecule has 2 N–H and O–H groups in total. The van der Waals surface area contributed by atoms with Crippen molar-refractivity contribution >= 4 is 39.8 Å². The molecular weight excluding hydrogens is 507 g/mol. The third-order valence-corrected chi connectivity index (χ3v) is 7.31. The van der Waals surface area contributed by atoms with Gasteiger partial charge in [-0.25, -0.2) is 0 Å². The number of aliphatic hydroxyl groups is 1. The minimum absolute atomic E-state index is 0.00870. The molecule has 194 valence electrons. The summed E-state index contributed by atoms with van der Waals surface area (Å²) in [5.74, 6) is -0.190. The van der Waals surface area contributed by atoms with Gasteiger partial charge < -0.3 is 20.1 Å². The summed E-state index contributed by atoms with van der Waals surface area (Å²) in [6.07, 6.45) is -1.19. The molecule has 37 heavy (non-hydrogen) atoms. The van der Waals surface area contributed by atoms with Gasteiger partial charge in [0.25, 0.3) is 5.91 Å². The first-order valence-corrected chi connectivity index (χ1v) is 12.4. The molecule has 2 aromatic carbocycles. The number of halogens is 3. The van der Waals surface area contributed by atoms with Crippen LogP contribution in [0, 0.1) is 0 Å². The van der Waals surface area contributed by atoms with Crippen LogP contribution < -0.4 is 10.1 Å². The molecule has 3 heterocycles. The van der Waals surface area contributed by atoms with E-state index in [1.54, 1.807) is 24.4 Å². The lowest BCUT2D eigenvalue weighted by molar-refractivity contribution is -0.138. The zero-order valence-corrected chi connectivity index (χ0v) is 20.6. The molecule has 0 spiro atoms. The Hall–Kier alpha value is -3.35. The highest BCUT2D eigenvalue weighted by atomic mass is 32.2. The van der Waals surface area contributed by atoms with Crippen molar-refractivity contribution in [3.05, 3.63) is 64.2 Å². The van der Waals surface area contributed by atoms with Crippen LogP contribution in [0.25, 0.3) is 17.0 Å². The maximum atomic E-state index is 13.6. The Morgan fingerprint density at radius 2 is 2.11 bits per heavy atom. The molecular formula is C25H24F3N5O3S. The molecule has 1 saturated heterocycles. The summed E-state index contributed by atoms with van der Waals surface area (Å²) in [5.41, 5.74) is 0.746. The minimum atomic E-state index is -4.53.